The minimum atomic E-state index is -1.12. The molecule has 314 valence electrons. The first kappa shape index (κ1) is 43.5. The number of aryl methyl sites for hydroxylation is 3. The third-order valence-corrected chi connectivity index (χ3v) is 13.4. The first-order valence-corrected chi connectivity index (χ1v) is 21.5. The number of amides is 3. The van der Waals surface area contributed by atoms with E-state index in [-0.39, 0.29) is 24.8 Å². The summed E-state index contributed by atoms with van der Waals surface area (Å²) in [7, 11) is 3.63. The number of hydrogen-bond acceptors (Lipinski definition) is 8. The van der Waals surface area contributed by atoms with E-state index < -0.39 is 23.3 Å². The van der Waals surface area contributed by atoms with Gasteiger partial charge in [-0.2, -0.15) is 0 Å². The minimum absolute atomic E-state index is 0.0419. The summed E-state index contributed by atoms with van der Waals surface area (Å²) in [4.78, 5) is 40.4. The Kier molecular flexibility index (Phi) is 13.3. The molecule has 4 heterocycles. The molecule has 6 N–H and O–H groups in total. The van der Waals surface area contributed by atoms with Gasteiger partial charge in [0.15, 0.2) is 6.35 Å². The van der Waals surface area contributed by atoms with Crippen LogP contribution >= 0.6 is 22.9 Å². The highest BCUT2D eigenvalue weighted by atomic mass is 35.5. The minimum Gasteiger partial charge on any atom is -0.487 e. The molecule has 3 amide bonds. The van der Waals surface area contributed by atoms with Gasteiger partial charge in [0.2, 0.25) is 5.91 Å². The second kappa shape index (κ2) is 18.0. The molecule has 0 radical (unpaired) electrons. The van der Waals surface area contributed by atoms with Crippen LogP contribution in [0.5, 0.6) is 5.75 Å². The van der Waals surface area contributed by atoms with Gasteiger partial charge in [0, 0.05) is 74.1 Å². The fourth-order valence-electron chi connectivity index (χ4n) is 8.33. The van der Waals surface area contributed by atoms with Crippen molar-refractivity contribution in [1.82, 2.24) is 25.1 Å². The lowest BCUT2D eigenvalue weighted by molar-refractivity contribution is -0.117. The quantitative estimate of drug-likeness (QED) is 0.0573. The largest absolute Gasteiger partial charge is 0.487 e. The van der Waals surface area contributed by atoms with Gasteiger partial charge in [-0.05, 0) is 77.9 Å². The molecule has 0 spiro atoms. The van der Waals surface area contributed by atoms with Crippen molar-refractivity contribution < 1.29 is 24.2 Å². The van der Waals surface area contributed by atoms with Crippen molar-refractivity contribution in [3.05, 3.63) is 111 Å². The molecular formula is C45H56ClN7O5S. The average Bonchev–Trinajstić information content (AvgIpc) is 4.02. The van der Waals surface area contributed by atoms with Crippen LogP contribution < -0.4 is 31.3 Å². The van der Waals surface area contributed by atoms with E-state index in [0.29, 0.717) is 50.2 Å². The van der Waals surface area contributed by atoms with Crippen LogP contribution in [0.15, 0.2) is 71.8 Å². The Morgan fingerprint density at radius 3 is 2.15 bits per heavy atom. The molecule has 59 heavy (non-hydrogen) atoms. The fourth-order valence-corrected chi connectivity index (χ4v) is 9.53. The molecule has 14 heteroatoms. The third kappa shape index (κ3) is 8.52. The highest BCUT2D eigenvalue weighted by Gasteiger charge is 2.39. The van der Waals surface area contributed by atoms with E-state index in [4.69, 9.17) is 22.1 Å². The van der Waals surface area contributed by atoms with Crippen molar-refractivity contribution in [2.45, 2.75) is 90.8 Å². The van der Waals surface area contributed by atoms with Crippen LogP contribution in [-0.2, 0) is 36.6 Å². The predicted octanol–water partition coefficient (Wildman–Crippen LogP) is 7.50. The summed E-state index contributed by atoms with van der Waals surface area (Å²) in [5, 5.41) is 25.0. The first-order chi connectivity index (χ1) is 28.2. The van der Waals surface area contributed by atoms with Crippen LogP contribution in [0.1, 0.15) is 109 Å². The summed E-state index contributed by atoms with van der Waals surface area (Å²) in [6, 6.07) is 15.8. The van der Waals surface area contributed by atoms with E-state index in [1.807, 2.05) is 85.2 Å². The zero-order chi connectivity index (χ0) is 42.6. The summed E-state index contributed by atoms with van der Waals surface area (Å²) >= 11 is 8.14. The lowest BCUT2D eigenvalue weighted by atomic mass is 9.85. The Morgan fingerprint density at radius 1 is 0.949 bits per heavy atom. The van der Waals surface area contributed by atoms with E-state index in [2.05, 4.69) is 42.1 Å². The highest BCUT2D eigenvalue weighted by Crippen LogP contribution is 2.49. The number of benzene rings is 2. The zero-order valence-corrected chi connectivity index (χ0v) is 36.5. The smallest absolute Gasteiger partial charge is 0.268 e. The van der Waals surface area contributed by atoms with Crippen LogP contribution in [0.4, 0.5) is 5.69 Å². The van der Waals surface area contributed by atoms with E-state index in [1.54, 1.807) is 34.6 Å². The Balaban J connectivity index is 1.27. The van der Waals surface area contributed by atoms with Crippen molar-refractivity contribution in [2.24, 2.45) is 19.8 Å². The number of aliphatic hydroxyl groups is 1. The van der Waals surface area contributed by atoms with E-state index in [1.165, 1.54) is 0 Å². The predicted molar refractivity (Wildman–Crippen MR) is 237 cm³/mol. The van der Waals surface area contributed by atoms with E-state index in [0.717, 1.165) is 54.9 Å². The number of nitrogens with zero attached hydrogens (tertiary/aromatic N) is 3. The van der Waals surface area contributed by atoms with E-state index in [9.17, 15) is 19.5 Å². The lowest BCUT2D eigenvalue weighted by Gasteiger charge is -2.38. The molecule has 0 saturated carbocycles. The Morgan fingerprint density at radius 2 is 1.56 bits per heavy atom. The van der Waals surface area contributed by atoms with Gasteiger partial charge in [0.05, 0.1) is 15.9 Å². The van der Waals surface area contributed by atoms with Crippen molar-refractivity contribution in [3.8, 4) is 5.75 Å². The molecule has 12 nitrogen and oxygen atoms in total. The van der Waals surface area contributed by atoms with Gasteiger partial charge in [-0.25, -0.2) is 0 Å². The number of halogens is 1. The number of thiophene rings is 1. The number of primary amides is 1. The number of fused-ring (bicyclic) bond motifs is 3. The molecule has 1 unspecified atom stereocenters. The monoisotopic (exact) mass is 841 g/mol. The number of nitrogens with two attached hydrogens (primary N) is 1. The molecule has 5 aromatic rings. The molecule has 0 aliphatic carbocycles. The van der Waals surface area contributed by atoms with Crippen molar-refractivity contribution in [2.75, 3.05) is 18.0 Å². The number of carbonyl (C=O) groups excluding carboxylic acids is 3. The standard InChI is InChI=1S/C45H56ClN7O5S/c1-8-44(9-2,31-19-34(51(6)24-31)41(55)48-18-17-37(47)54)49-42(56)35-20-32(25-52(35)7)45(10-3,11-4)50-43(57)53-23-30(22-46)39-33(53)21-36(40-38(39)28(5)27-59-40)58-26-29-15-13-12-14-16-29/h12-16,19-22,24-25,27,43,50,57H,8-11,17-18,23,26H2,1-7H3,(H2,47,54)(H,48,55)(H,49,56)/b30-22+. The molecule has 2 aromatic carbocycles. The van der Waals surface area contributed by atoms with Gasteiger partial charge in [-0.3, -0.25) is 19.7 Å². The van der Waals surface area contributed by atoms with E-state index >= 15 is 0 Å². The molecular weight excluding hydrogens is 786 g/mol. The first-order valence-electron chi connectivity index (χ1n) is 20.2. The topological polar surface area (TPSA) is 156 Å². The van der Waals surface area contributed by atoms with Crippen LogP contribution in [0, 0.1) is 6.92 Å². The summed E-state index contributed by atoms with van der Waals surface area (Å²) < 4.78 is 11.0. The van der Waals surface area contributed by atoms with Gasteiger partial charge >= 0.3 is 0 Å². The van der Waals surface area contributed by atoms with Crippen LogP contribution in [0.3, 0.4) is 0 Å². The second-order valence-electron chi connectivity index (χ2n) is 15.4. The summed E-state index contributed by atoms with van der Waals surface area (Å²) in [6.45, 7) is 11.2. The number of carbonyl (C=O) groups is 3. The molecule has 0 saturated heterocycles. The van der Waals surface area contributed by atoms with Crippen LogP contribution in [0.25, 0.3) is 15.7 Å². The lowest BCUT2D eigenvalue weighted by Crippen LogP contribution is -2.54. The maximum absolute atomic E-state index is 14.3. The summed E-state index contributed by atoms with van der Waals surface area (Å²) in [6.07, 6.45) is 5.14. The number of aliphatic hydroxyl groups excluding tert-OH is 1. The Hall–Kier alpha value is -5.08. The van der Waals surface area contributed by atoms with Crippen LogP contribution in [0.2, 0.25) is 0 Å². The normalized spacial score (nSPS) is 14.2. The molecule has 0 bridgehead atoms. The van der Waals surface area contributed by atoms with Gasteiger partial charge in [-0.1, -0.05) is 69.6 Å². The zero-order valence-electron chi connectivity index (χ0n) is 34.9. The molecule has 1 aliphatic rings. The SMILES string of the molecule is CCC(CC)(NC(=O)c1cc(C(CC)(CC)NC(O)N2C/C(=C\Cl)c3c2cc(OCc2ccccc2)c2scc(C)c32)cn1C)c1cc(C(=O)NCCC(N)=O)n(C)c1. The molecule has 0 fully saturated rings. The highest BCUT2D eigenvalue weighted by molar-refractivity contribution is 7.17. The molecule has 3 aromatic heterocycles. The third-order valence-electron chi connectivity index (χ3n) is 12.0. The maximum Gasteiger partial charge on any atom is 0.268 e. The van der Waals surface area contributed by atoms with Crippen molar-refractivity contribution in [3.63, 3.8) is 0 Å². The molecule has 1 aliphatic heterocycles. The summed E-state index contributed by atoms with van der Waals surface area (Å²) in [5.41, 5.74) is 12.8. The number of aromatic nitrogens is 2. The number of anilines is 1. The Bertz CT molecular complexity index is 2360. The average molecular weight is 843 g/mol. The summed E-state index contributed by atoms with van der Waals surface area (Å²) in [5.74, 6) is -0.338. The van der Waals surface area contributed by atoms with Crippen molar-refractivity contribution >= 4 is 62.0 Å². The number of rotatable bonds is 18. The van der Waals surface area contributed by atoms with Gasteiger partial charge in [0.1, 0.15) is 23.7 Å². The number of nitrogens with one attached hydrogen (secondary N) is 3. The molecule has 6 rings (SSSR count). The fraction of sp³-hybridized carbons (Fsp3) is 0.400. The van der Waals surface area contributed by atoms with Gasteiger partial charge in [0.25, 0.3) is 11.8 Å². The van der Waals surface area contributed by atoms with Gasteiger partial charge < -0.3 is 40.2 Å². The van der Waals surface area contributed by atoms with Gasteiger partial charge in [-0.15, -0.1) is 11.3 Å². The Labute approximate surface area is 355 Å². The maximum atomic E-state index is 14.3. The number of ether oxygens (including phenoxy) is 1. The second-order valence-corrected chi connectivity index (χ2v) is 16.5. The van der Waals surface area contributed by atoms with Crippen LogP contribution in [-0.4, -0.2) is 51.4 Å². The number of hydrogen-bond donors (Lipinski definition) is 5. The van der Waals surface area contributed by atoms with Crippen molar-refractivity contribution in [1.29, 1.82) is 0 Å². The molecule has 1 atom stereocenters.